The fraction of sp³-hybridized carbons (Fsp3) is 0. The summed E-state index contributed by atoms with van der Waals surface area (Å²) in [7, 11) is 0. The molecule has 0 aromatic heterocycles. The third-order valence-corrected chi connectivity index (χ3v) is 5.49. The molecule has 0 heterocycles. The molecule has 16 heavy (non-hydrogen) atoms. The van der Waals surface area contributed by atoms with Gasteiger partial charge in [-0.05, 0) is 0 Å². The molecular formula is C14H11Se2. The molecule has 2 heteroatoms. The third-order valence-electron chi connectivity index (χ3n) is 2.10. The zero-order valence-corrected chi connectivity index (χ0v) is 12.1. The van der Waals surface area contributed by atoms with Gasteiger partial charge in [0.2, 0.25) is 0 Å². The van der Waals surface area contributed by atoms with E-state index in [1.165, 1.54) is 14.5 Å². The van der Waals surface area contributed by atoms with Gasteiger partial charge < -0.3 is 0 Å². The van der Waals surface area contributed by atoms with E-state index >= 15 is 0 Å². The minimum absolute atomic E-state index is 0.400. The predicted octanol–water partition coefficient (Wildman–Crippen LogP) is 2.18. The molecular weight excluding hydrogens is 326 g/mol. The second kappa shape index (κ2) is 6.08. The summed E-state index contributed by atoms with van der Waals surface area (Å²) >= 11 is 3.54. The number of hydrogen-bond acceptors (Lipinski definition) is 0. The van der Waals surface area contributed by atoms with Gasteiger partial charge in [0.1, 0.15) is 0 Å². The van der Waals surface area contributed by atoms with E-state index in [2.05, 4.69) is 75.6 Å². The van der Waals surface area contributed by atoms with Crippen molar-refractivity contribution in [3.05, 3.63) is 71.2 Å². The SMILES string of the molecule is [Se]/C(=C/[Se]c1ccccc1)c1ccccc1. The first kappa shape index (κ1) is 11.7. The van der Waals surface area contributed by atoms with E-state index in [0.717, 1.165) is 0 Å². The van der Waals surface area contributed by atoms with Gasteiger partial charge in [-0.2, -0.15) is 0 Å². The maximum absolute atomic E-state index is 3.14. The van der Waals surface area contributed by atoms with Gasteiger partial charge in [0, 0.05) is 0 Å². The maximum atomic E-state index is 3.14. The molecule has 0 spiro atoms. The van der Waals surface area contributed by atoms with E-state index < -0.39 is 0 Å². The second-order valence-electron chi connectivity index (χ2n) is 3.28. The van der Waals surface area contributed by atoms with E-state index in [0.29, 0.717) is 15.0 Å². The first-order valence-electron chi connectivity index (χ1n) is 5.00. The van der Waals surface area contributed by atoms with Gasteiger partial charge in [0.05, 0.1) is 0 Å². The van der Waals surface area contributed by atoms with Crippen molar-refractivity contribution in [2.45, 2.75) is 0 Å². The van der Waals surface area contributed by atoms with Crippen LogP contribution in [0.4, 0.5) is 0 Å². The molecule has 0 N–H and O–H groups in total. The molecule has 0 aliphatic rings. The van der Waals surface area contributed by atoms with Crippen LogP contribution >= 0.6 is 0 Å². The van der Waals surface area contributed by atoms with Gasteiger partial charge in [-0.15, -0.1) is 0 Å². The Kier molecular flexibility index (Phi) is 4.44. The van der Waals surface area contributed by atoms with E-state index in [9.17, 15) is 0 Å². The summed E-state index contributed by atoms with van der Waals surface area (Å²) in [6.07, 6.45) is 0. The van der Waals surface area contributed by atoms with Crippen LogP contribution in [-0.4, -0.2) is 31.0 Å². The molecule has 79 valence electrons. The molecule has 0 atom stereocenters. The molecule has 0 aliphatic carbocycles. The van der Waals surface area contributed by atoms with Crippen molar-refractivity contribution in [2.75, 3.05) is 0 Å². The van der Waals surface area contributed by atoms with Gasteiger partial charge in [0.25, 0.3) is 0 Å². The zero-order chi connectivity index (χ0) is 11.2. The molecule has 2 aromatic carbocycles. The quantitative estimate of drug-likeness (QED) is 0.754. The molecule has 0 nitrogen and oxygen atoms in total. The first-order valence-corrected chi connectivity index (χ1v) is 7.71. The van der Waals surface area contributed by atoms with Crippen LogP contribution in [0.1, 0.15) is 5.56 Å². The standard InChI is InChI=1S/C14H11Se2/c15-14(12-7-3-1-4-8-12)11-16-13-9-5-2-6-10-13/h1-11H/b14-11+. The Balaban J connectivity index is 2.09. The van der Waals surface area contributed by atoms with Crippen molar-refractivity contribution in [1.29, 1.82) is 0 Å². The fourth-order valence-electron chi connectivity index (χ4n) is 1.29. The summed E-state index contributed by atoms with van der Waals surface area (Å²) in [5.41, 5.74) is 1.26. The van der Waals surface area contributed by atoms with Gasteiger partial charge >= 0.3 is 111 Å². The molecule has 0 fully saturated rings. The topological polar surface area (TPSA) is 0 Å². The van der Waals surface area contributed by atoms with Crippen LogP contribution < -0.4 is 4.46 Å². The molecule has 0 bridgehead atoms. The van der Waals surface area contributed by atoms with Crippen LogP contribution in [0.25, 0.3) is 4.47 Å². The fourth-order valence-corrected chi connectivity index (χ4v) is 3.56. The van der Waals surface area contributed by atoms with Crippen molar-refractivity contribution >= 4 is 39.9 Å². The minimum atomic E-state index is 0.400. The summed E-state index contributed by atoms with van der Waals surface area (Å²) in [5, 5.41) is 0. The Bertz CT molecular complexity index is 461. The monoisotopic (exact) mass is 339 g/mol. The molecule has 2 aromatic rings. The molecule has 0 aliphatic heterocycles. The Morgan fingerprint density at radius 1 is 0.875 bits per heavy atom. The average molecular weight is 337 g/mol. The van der Waals surface area contributed by atoms with Crippen LogP contribution in [0.5, 0.6) is 0 Å². The Morgan fingerprint density at radius 2 is 1.44 bits per heavy atom. The average Bonchev–Trinajstić information content (AvgIpc) is 2.38. The van der Waals surface area contributed by atoms with Crippen molar-refractivity contribution in [3.63, 3.8) is 0 Å². The van der Waals surface area contributed by atoms with Crippen molar-refractivity contribution < 1.29 is 0 Å². The number of hydrogen-bond donors (Lipinski definition) is 0. The van der Waals surface area contributed by atoms with Crippen molar-refractivity contribution in [1.82, 2.24) is 0 Å². The Morgan fingerprint density at radius 3 is 2.06 bits per heavy atom. The van der Waals surface area contributed by atoms with Crippen molar-refractivity contribution in [2.24, 2.45) is 0 Å². The Labute approximate surface area is 111 Å². The van der Waals surface area contributed by atoms with E-state index in [1.807, 2.05) is 6.07 Å². The first-order chi connectivity index (χ1) is 7.86. The van der Waals surface area contributed by atoms with Gasteiger partial charge in [-0.1, -0.05) is 0 Å². The van der Waals surface area contributed by atoms with Crippen LogP contribution in [-0.2, 0) is 0 Å². The molecule has 0 amide bonds. The van der Waals surface area contributed by atoms with E-state index in [1.54, 1.807) is 0 Å². The summed E-state index contributed by atoms with van der Waals surface area (Å²) < 4.78 is 2.64. The van der Waals surface area contributed by atoms with Crippen molar-refractivity contribution in [3.8, 4) is 0 Å². The normalized spacial score (nSPS) is 11.4. The van der Waals surface area contributed by atoms with Crippen LogP contribution in [0, 0.1) is 0 Å². The molecule has 0 saturated heterocycles. The van der Waals surface area contributed by atoms with Crippen LogP contribution in [0.2, 0.25) is 0 Å². The summed E-state index contributed by atoms with van der Waals surface area (Å²) in [6, 6.07) is 21.0. The summed E-state index contributed by atoms with van der Waals surface area (Å²) in [5.74, 6) is 0. The van der Waals surface area contributed by atoms with Crippen LogP contribution in [0.3, 0.4) is 0 Å². The zero-order valence-electron chi connectivity index (χ0n) is 8.67. The van der Waals surface area contributed by atoms with E-state index in [-0.39, 0.29) is 0 Å². The molecule has 0 saturated carbocycles. The van der Waals surface area contributed by atoms with Gasteiger partial charge in [0.15, 0.2) is 0 Å². The predicted molar refractivity (Wildman–Crippen MR) is 72.0 cm³/mol. The summed E-state index contributed by atoms with van der Waals surface area (Å²) in [6.45, 7) is 0. The number of benzene rings is 2. The van der Waals surface area contributed by atoms with E-state index in [4.69, 9.17) is 0 Å². The van der Waals surface area contributed by atoms with Gasteiger partial charge in [-0.3, -0.25) is 0 Å². The number of rotatable bonds is 3. The second-order valence-corrected chi connectivity index (χ2v) is 6.18. The summed E-state index contributed by atoms with van der Waals surface area (Å²) in [4.78, 5) is 2.29. The molecule has 2 rings (SSSR count). The third kappa shape index (κ3) is 3.36. The molecule has 0 unspecified atom stereocenters. The van der Waals surface area contributed by atoms with Crippen LogP contribution in [0.15, 0.2) is 65.6 Å². The Hall–Kier alpha value is -0.781. The molecule has 1 radical (unpaired) electrons. The van der Waals surface area contributed by atoms with Gasteiger partial charge in [-0.25, -0.2) is 0 Å².